The number of rotatable bonds is 4. The van der Waals surface area contributed by atoms with Gasteiger partial charge in [0.15, 0.2) is 0 Å². The summed E-state index contributed by atoms with van der Waals surface area (Å²) in [7, 11) is 3.59. The molecule has 0 bridgehead atoms. The highest BCUT2D eigenvalue weighted by Crippen LogP contribution is 1.94. The molecule has 13 heavy (non-hydrogen) atoms. The maximum Gasteiger partial charge on any atom is 0.269 e. The second kappa shape index (κ2) is 4.61. The molecule has 2 N–H and O–H groups in total. The summed E-state index contributed by atoms with van der Waals surface area (Å²) < 4.78 is 1.55. The summed E-state index contributed by atoms with van der Waals surface area (Å²) in [6.07, 6.45) is 1.60. The Labute approximate surface area is 77.1 Å². The number of likely N-dealkylation sites (N-methyl/N-ethyl adjacent to an activating group) is 1. The number of nitrogens with zero attached hydrogens (tertiary/aromatic N) is 2. The molecular formula is C8H14N4O. The van der Waals surface area contributed by atoms with Crippen molar-refractivity contribution in [3.8, 4) is 0 Å². The summed E-state index contributed by atoms with van der Waals surface area (Å²) in [5.74, 6) is -0.0877. The number of hydrogen-bond acceptors (Lipinski definition) is 3. The van der Waals surface area contributed by atoms with Crippen molar-refractivity contribution in [3.63, 3.8) is 0 Å². The van der Waals surface area contributed by atoms with Gasteiger partial charge in [-0.2, -0.15) is 5.10 Å². The molecule has 0 spiro atoms. The van der Waals surface area contributed by atoms with Gasteiger partial charge in [-0.05, 0) is 13.1 Å². The van der Waals surface area contributed by atoms with Crippen molar-refractivity contribution in [2.75, 3.05) is 20.1 Å². The van der Waals surface area contributed by atoms with Gasteiger partial charge in [-0.25, -0.2) is 0 Å². The minimum Gasteiger partial charge on any atom is -0.349 e. The van der Waals surface area contributed by atoms with Crippen molar-refractivity contribution in [3.05, 3.63) is 18.0 Å². The van der Waals surface area contributed by atoms with Gasteiger partial charge in [-0.1, -0.05) is 0 Å². The van der Waals surface area contributed by atoms with Gasteiger partial charge < -0.3 is 10.6 Å². The van der Waals surface area contributed by atoms with Gasteiger partial charge in [-0.15, -0.1) is 0 Å². The second-order valence-corrected chi connectivity index (χ2v) is 2.70. The largest absolute Gasteiger partial charge is 0.349 e. The summed E-state index contributed by atoms with van der Waals surface area (Å²) in [6, 6.07) is 1.69. The Bertz CT molecular complexity index is 281. The molecule has 5 heteroatoms. The third kappa shape index (κ3) is 2.55. The summed E-state index contributed by atoms with van der Waals surface area (Å²) in [4.78, 5) is 11.4. The van der Waals surface area contributed by atoms with E-state index < -0.39 is 0 Å². The van der Waals surface area contributed by atoms with Gasteiger partial charge in [0.25, 0.3) is 5.91 Å². The summed E-state index contributed by atoms with van der Waals surface area (Å²) in [6.45, 7) is 1.39. The number of aryl methyl sites for hydroxylation is 1. The van der Waals surface area contributed by atoms with Crippen molar-refractivity contribution in [1.82, 2.24) is 20.4 Å². The molecule has 0 saturated heterocycles. The Morgan fingerprint density at radius 2 is 2.38 bits per heavy atom. The Hall–Kier alpha value is -1.36. The number of carbonyl (C=O) groups is 1. The molecule has 0 fully saturated rings. The van der Waals surface area contributed by atoms with E-state index in [9.17, 15) is 4.79 Å². The topological polar surface area (TPSA) is 58.9 Å². The fraction of sp³-hybridized carbons (Fsp3) is 0.500. The number of amides is 1. The zero-order valence-electron chi connectivity index (χ0n) is 7.87. The van der Waals surface area contributed by atoms with Crippen LogP contribution in [0.2, 0.25) is 0 Å². The highest BCUT2D eigenvalue weighted by atomic mass is 16.2. The fourth-order valence-electron chi connectivity index (χ4n) is 0.988. The van der Waals surface area contributed by atoms with E-state index in [4.69, 9.17) is 0 Å². The van der Waals surface area contributed by atoms with Crippen LogP contribution in [0.3, 0.4) is 0 Å². The Morgan fingerprint density at radius 3 is 2.92 bits per heavy atom. The molecule has 1 aromatic heterocycles. The van der Waals surface area contributed by atoms with E-state index >= 15 is 0 Å². The van der Waals surface area contributed by atoms with E-state index in [1.165, 1.54) is 0 Å². The number of aromatic nitrogens is 2. The average molecular weight is 182 g/mol. The SMILES string of the molecule is CNCCNC(=O)c1ccnn1C. The first-order chi connectivity index (χ1) is 6.25. The van der Waals surface area contributed by atoms with Crippen molar-refractivity contribution in [2.45, 2.75) is 0 Å². The van der Waals surface area contributed by atoms with E-state index in [2.05, 4.69) is 15.7 Å². The van der Waals surface area contributed by atoms with Crippen LogP contribution in [0.25, 0.3) is 0 Å². The van der Waals surface area contributed by atoms with Gasteiger partial charge in [0.1, 0.15) is 5.69 Å². The third-order valence-corrected chi connectivity index (χ3v) is 1.71. The van der Waals surface area contributed by atoms with Crippen LogP contribution in [0.1, 0.15) is 10.5 Å². The monoisotopic (exact) mass is 182 g/mol. The first-order valence-electron chi connectivity index (χ1n) is 4.16. The normalized spacial score (nSPS) is 10.0. The quantitative estimate of drug-likeness (QED) is 0.609. The van der Waals surface area contributed by atoms with Crippen LogP contribution in [0.5, 0.6) is 0 Å². The second-order valence-electron chi connectivity index (χ2n) is 2.70. The van der Waals surface area contributed by atoms with E-state index in [0.717, 1.165) is 6.54 Å². The predicted octanol–water partition coefficient (Wildman–Crippen LogP) is -0.631. The molecule has 1 amide bonds. The molecule has 1 aromatic rings. The van der Waals surface area contributed by atoms with Crippen LogP contribution in [0, 0.1) is 0 Å². The van der Waals surface area contributed by atoms with Crippen LogP contribution in [0.15, 0.2) is 12.3 Å². The lowest BCUT2D eigenvalue weighted by Crippen LogP contribution is -2.31. The molecule has 0 radical (unpaired) electrons. The molecule has 1 rings (SSSR count). The Balaban J connectivity index is 2.45. The van der Waals surface area contributed by atoms with Crippen LogP contribution < -0.4 is 10.6 Å². The lowest BCUT2D eigenvalue weighted by atomic mass is 10.4. The Kier molecular flexibility index (Phi) is 3.45. The minimum atomic E-state index is -0.0877. The molecule has 0 aliphatic rings. The standard InChI is InChI=1S/C8H14N4O/c1-9-5-6-10-8(13)7-3-4-11-12(7)2/h3-4,9H,5-6H2,1-2H3,(H,10,13). The van der Waals surface area contributed by atoms with Gasteiger partial charge in [-0.3, -0.25) is 9.48 Å². The maximum absolute atomic E-state index is 11.4. The van der Waals surface area contributed by atoms with Gasteiger partial charge in [0.05, 0.1) is 0 Å². The molecular weight excluding hydrogens is 168 g/mol. The zero-order chi connectivity index (χ0) is 9.68. The summed E-state index contributed by atoms with van der Waals surface area (Å²) >= 11 is 0. The highest BCUT2D eigenvalue weighted by Gasteiger charge is 2.07. The van der Waals surface area contributed by atoms with Gasteiger partial charge >= 0.3 is 0 Å². The molecule has 1 heterocycles. The van der Waals surface area contributed by atoms with Gasteiger partial charge in [0.2, 0.25) is 0 Å². The minimum absolute atomic E-state index is 0.0877. The summed E-state index contributed by atoms with van der Waals surface area (Å²) in [5.41, 5.74) is 0.580. The molecule has 72 valence electrons. The average Bonchev–Trinajstić information content (AvgIpc) is 2.52. The van der Waals surface area contributed by atoms with E-state index in [1.54, 1.807) is 24.0 Å². The van der Waals surface area contributed by atoms with Crippen molar-refractivity contribution >= 4 is 5.91 Å². The van der Waals surface area contributed by atoms with Crippen molar-refractivity contribution < 1.29 is 4.79 Å². The number of hydrogen-bond donors (Lipinski definition) is 2. The Morgan fingerprint density at radius 1 is 1.62 bits per heavy atom. The molecule has 0 saturated carbocycles. The van der Waals surface area contributed by atoms with E-state index in [1.807, 2.05) is 7.05 Å². The molecule has 0 atom stereocenters. The molecule has 5 nitrogen and oxygen atoms in total. The molecule has 0 aromatic carbocycles. The third-order valence-electron chi connectivity index (χ3n) is 1.71. The smallest absolute Gasteiger partial charge is 0.269 e. The lowest BCUT2D eigenvalue weighted by molar-refractivity contribution is 0.0945. The zero-order valence-corrected chi connectivity index (χ0v) is 7.87. The van der Waals surface area contributed by atoms with Crippen LogP contribution in [-0.2, 0) is 7.05 Å². The predicted molar refractivity (Wildman–Crippen MR) is 49.5 cm³/mol. The van der Waals surface area contributed by atoms with Crippen LogP contribution >= 0.6 is 0 Å². The van der Waals surface area contributed by atoms with E-state index in [0.29, 0.717) is 12.2 Å². The lowest BCUT2D eigenvalue weighted by Gasteiger charge is -2.03. The molecule has 0 aliphatic carbocycles. The fourth-order valence-corrected chi connectivity index (χ4v) is 0.988. The molecule has 0 aliphatic heterocycles. The van der Waals surface area contributed by atoms with Crippen LogP contribution in [-0.4, -0.2) is 35.8 Å². The molecule has 0 unspecified atom stereocenters. The number of carbonyl (C=O) groups excluding carboxylic acids is 1. The van der Waals surface area contributed by atoms with E-state index in [-0.39, 0.29) is 5.91 Å². The maximum atomic E-state index is 11.4. The summed E-state index contributed by atoms with van der Waals surface area (Å²) in [5, 5.41) is 9.62. The van der Waals surface area contributed by atoms with Crippen molar-refractivity contribution in [1.29, 1.82) is 0 Å². The van der Waals surface area contributed by atoms with Crippen molar-refractivity contribution in [2.24, 2.45) is 7.05 Å². The van der Waals surface area contributed by atoms with Gasteiger partial charge in [0, 0.05) is 26.3 Å². The number of nitrogens with one attached hydrogen (secondary N) is 2. The first kappa shape index (κ1) is 9.73. The first-order valence-corrected chi connectivity index (χ1v) is 4.16. The highest BCUT2D eigenvalue weighted by molar-refractivity contribution is 5.92. The van der Waals surface area contributed by atoms with Crippen LogP contribution in [0.4, 0.5) is 0 Å².